The van der Waals surface area contributed by atoms with Crippen LogP contribution in [-0.2, 0) is 0 Å². The molecule has 5 heteroatoms. The Kier molecular flexibility index (Phi) is 5.54. The van der Waals surface area contributed by atoms with E-state index in [-0.39, 0.29) is 11.4 Å². The molecule has 0 unspecified atom stereocenters. The predicted octanol–water partition coefficient (Wildman–Crippen LogP) is 4.65. The normalized spacial score (nSPS) is 18.4. The third-order valence-electron chi connectivity index (χ3n) is 5.47. The molecule has 0 radical (unpaired) electrons. The molecule has 2 heterocycles. The minimum Gasteiger partial charge on any atom is -0.364 e. The van der Waals surface area contributed by atoms with E-state index in [1.807, 2.05) is 0 Å². The number of rotatable bonds is 4. The first kappa shape index (κ1) is 20.1. The van der Waals surface area contributed by atoms with Gasteiger partial charge in [0.1, 0.15) is 0 Å². The largest absolute Gasteiger partial charge is 0.364 e. The fourth-order valence-electron chi connectivity index (χ4n) is 4.45. The van der Waals surface area contributed by atoms with Gasteiger partial charge in [0.25, 0.3) is 5.91 Å². The summed E-state index contributed by atoms with van der Waals surface area (Å²) >= 11 is 0. The van der Waals surface area contributed by atoms with Crippen LogP contribution in [-0.4, -0.2) is 28.7 Å². The third kappa shape index (κ3) is 3.93. The Labute approximate surface area is 167 Å². The van der Waals surface area contributed by atoms with E-state index < -0.39 is 0 Å². The van der Waals surface area contributed by atoms with Crippen LogP contribution in [0, 0.1) is 6.92 Å². The Hall–Kier alpha value is -2.69. The van der Waals surface area contributed by atoms with Crippen molar-refractivity contribution >= 4 is 17.8 Å². The topological polar surface area (TPSA) is 57.6 Å². The van der Waals surface area contributed by atoms with Gasteiger partial charge < -0.3 is 4.90 Å². The number of aromatic nitrogens is 1. The summed E-state index contributed by atoms with van der Waals surface area (Å²) in [4.78, 5) is 18.6. The van der Waals surface area contributed by atoms with Crippen LogP contribution in [0.15, 0.2) is 41.8 Å². The van der Waals surface area contributed by atoms with Crippen LogP contribution in [0.3, 0.4) is 0 Å². The summed E-state index contributed by atoms with van der Waals surface area (Å²) in [5.41, 5.74) is 8.04. The molecule has 148 valence electrons. The fraction of sp³-hybridized carbons (Fsp3) is 0.435. The number of nitrogens with one attached hydrogen (secondary N) is 1. The van der Waals surface area contributed by atoms with Crippen molar-refractivity contribution in [1.82, 2.24) is 10.4 Å². The first-order valence-electron chi connectivity index (χ1n) is 9.88. The van der Waals surface area contributed by atoms with Crippen molar-refractivity contribution in [2.24, 2.45) is 5.10 Å². The van der Waals surface area contributed by atoms with Crippen molar-refractivity contribution in [3.05, 3.63) is 58.9 Å². The lowest BCUT2D eigenvalue weighted by Gasteiger charge is -2.50. The summed E-state index contributed by atoms with van der Waals surface area (Å²) in [5, 5.41) is 4.17. The molecule has 0 aliphatic carbocycles. The number of amides is 1. The molecule has 5 nitrogen and oxygen atoms in total. The molecule has 1 N–H and O–H groups in total. The highest BCUT2D eigenvalue weighted by molar-refractivity contribution is 5.94. The van der Waals surface area contributed by atoms with Crippen LogP contribution in [0.5, 0.6) is 0 Å². The molecule has 28 heavy (non-hydrogen) atoms. The Balaban J connectivity index is 1.87. The Bertz CT molecular complexity index is 887. The number of aryl methyl sites for hydroxylation is 1. The van der Waals surface area contributed by atoms with E-state index in [9.17, 15) is 4.79 Å². The Morgan fingerprint density at radius 3 is 2.79 bits per heavy atom. The number of pyridine rings is 1. The number of hydrogen-bond donors (Lipinski definition) is 1. The van der Waals surface area contributed by atoms with E-state index in [4.69, 9.17) is 0 Å². The zero-order chi connectivity index (χ0) is 20.5. The number of hydrogen-bond acceptors (Lipinski definition) is 4. The van der Waals surface area contributed by atoms with Gasteiger partial charge >= 0.3 is 0 Å². The molecule has 0 saturated heterocycles. The van der Waals surface area contributed by atoms with Gasteiger partial charge in [-0.3, -0.25) is 9.78 Å². The number of benzene rings is 1. The number of carbonyl (C=O) groups is 1. The highest BCUT2D eigenvalue weighted by Crippen LogP contribution is 2.45. The minimum absolute atomic E-state index is 0.125. The standard InChI is InChI=1S/C23H30N4O/c1-15(2)27-21-10-16(3)19(11-20(21)17(4)12-23(27,5)6)14-25-26-22(28)18-8-7-9-24-13-18/h7-11,13-15,17H,12H2,1-6H3,(H,26,28)/b25-14-/t17-/m0/s1. The van der Waals surface area contributed by atoms with Crippen LogP contribution in [0.4, 0.5) is 5.69 Å². The van der Waals surface area contributed by atoms with E-state index in [0.29, 0.717) is 17.5 Å². The van der Waals surface area contributed by atoms with Gasteiger partial charge in [-0.05, 0) is 87.9 Å². The van der Waals surface area contributed by atoms with Gasteiger partial charge in [-0.15, -0.1) is 0 Å². The van der Waals surface area contributed by atoms with Crippen molar-refractivity contribution in [3.63, 3.8) is 0 Å². The molecule has 1 aromatic carbocycles. The van der Waals surface area contributed by atoms with E-state index in [1.54, 1.807) is 24.5 Å². The monoisotopic (exact) mass is 378 g/mol. The van der Waals surface area contributed by atoms with Crippen molar-refractivity contribution in [1.29, 1.82) is 0 Å². The Morgan fingerprint density at radius 1 is 1.39 bits per heavy atom. The van der Waals surface area contributed by atoms with Gasteiger partial charge in [0, 0.05) is 29.7 Å². The van der Waals surface area contributed by atoms with Crippen LogP contribution in [0.1, 0.15) is 74.0 Å². The van der Waals surface area contributed by atoms with Crippen LogP contribution in [0.25, 0.3) is 0 Å². The van der Waals surface area contributed by atoms with Gasteiger partial charge in [0.2, 0.25) is 0 Å². The Morgan fingerprint density at radius 2 is 2.14 bits per heavy atom. The van der Waals surface area contributed by atoms with Crippen molar-refractivity contribution in [3.8, 4) is 0 Å². The molecule has 1 amide bonds. The second-order valence-corrected chi connectivity index (χ2v) is 8.59. The molecular formula is C23H30N4O. The number of hydrazone groups is 1. The lowest BCUT2D eigenvalue weighted by molar-refractivity contribution is 0.0954. The fourth-order valence-corrected chi connectivity index (χ4v) is 4.45. The van der Waals surface area contributed by atoms with Crippen molar-refractivity contribution < 1.29 is 4.79 Å². The number of nitrogens with zero attached hydrogens (tertiary/aromatic N) is 3. The summed E-state index contributed by atoms with van der Waals surface area (Å²) in [6, 6.07) is 8.36. The maximum absolute atomic E-state index is 12.1. The number of anilines is 1. The highest BCUT2D eigenvalue weighted by Gasteiger charge is 2.37. The van der Waals surface area contributed by atoms with Crippen LogP contribution >= 0.6 is 0 Å². The van der Waals surface area contributed by atoms with Crippen LogP contribution in [0.2, 0.25) is 0 Å². The lowest BCUT2D eigenvalue weighted by atomic mass is 9.78. The smallest absolute Gasteiger partial charge is 0.272 e. The molecule has 1 atom stereocenters. The molecule has 0 bridgehead atoms. The quantitative estimate of drug-likeness (QED) is 0.622. The molecule has 3 rings (SSSR count). The average Bonchev–Trinajstić information content (AvgIpc) is 2.62. The van der Waals surface area contributed by atoms with Gasteiger partial charge in [-0.2, -0.15) is 5.10 Å². The molecule has 1 aliphatic heterocycles. The van der Waals surface area contributed by atoms with Crippen molar-refractivity contribution in [2.45, 2.75) is 65.5 Å². The predicted molar refractivity (Wildman–Crippen MR) is 115 cm³/mol. The summed E-state index contributed by atoms with van der Waals surface area (Å²) in [6.07, 6.45) is 6.00. The highest BCUT2D eigenvalue weighted by atomic mass is 16.2. The average molecular weight is 379 g/mol. The van der Waals surface area contributed by atoms with Gasteiger partial charge in [-0.1, -0.05) is 6.92 Å². The van der Waals surface area contributed by atoms with Crippen LogP contribution < -0.4 is 10.3 Å². The van der Waals surface area contributed by atoms with Crippen molar-refractivity contribution in [2.75, 3.05) is 4.90 Å². The molecule has 2 aromatic rings. The van der Waals surface area contributed by atoms with E-state index in [2.05, 4.69) is 74.1 Å². The minimum atomic E-state index is -0.263. The molecule has 0 saturated carbocycles. The molecule has 0 spiro atoms. The maximum Gasteiger partial charge on any atom is 0.272 e. The molecular weight excluding hydrogens is 348 g/mol. The van der Waals surface area contributed by atoms with E-state index in [0.717, 1.165) is 17.5 Å². The number of carbonyl (C=O) groups excluding carboxylic acids is 1. The second kappa shape index (κ2) is 7.74. The summed E-state index contributed by atoms with van der Waals surface area (Å²) < 4.78 is 0. The maximum atomic E-state index is 12.1. The SMILES string of the molecule is Cc1cc2c(cc1/C=N\NC(=O)c1cccnc1)[C@@H](C)CC(C)(C)N2C(C)C. The molecule has 1 aromatic heterocycles. The summed E-state index contributed by atoms with van der Waals surface area (Å²) in [5.74, 6) is 0.207. The lowest BCUT2D eigenvalue weighted by Crippen LogP contribution is -2.51. The first-order valence-corrected chi connectivity index (χ1v) is 9.88. The molecule has 0 fully saturated rings. The van der Waals surface area contributed by atoms with E-state index in [1.165, 1.54) is 17.4 Å². The van der Waals surface area contributed by atoms with E-state index >= 15 is 0 Å². The zero-order valence-corrected chi connectivity index (χ0v) is 17.7. The summed E-state index contributed by atoms with van der Waals surface area (Å²) in [7, 11) is 0. The van der Waals surface area contributed by atoms with Gasteiger partial charge in [0.05, 0.1) is 11.8 Å². The van der Waals surface area contributed by atoms with Gasteiger partial charge in [-0.25, -0.2) is 5.43 Å². The second-order valence-electron chi connectivity index (χ2n) is 8.59. The third-order valence-corrected chi connectivity index (χ3v) is 5.47. The zero-order valence-electron chi connectivity index (χ0n) is 17.7. The van der Waals surface area contributed by atoms with Gasteiger partial charge in [0.15, 0.2) is 0 Å². The first-order chi connectivity index (χ1) is 13.2. The summed E-state index contributed by atoms with van der Waals surface area (Å²) in [6.45, 7) is 13.5. The number of fused-ring (bicyclic) bond motifs is 1. The molecule has 1 aliphatic rings.